The Labute approximate surface area is 528 Å². The average Bonchev–Trinajstić information content (AvgIpc) is 1.14. The summed E-state index contributed by atoms with van der Waals surface area (Å²) < 4.78 is 45.0. The van der Waals surface area contributed by atoms with E-state index in [1.54, 1.807) is 18.2 Å². The normalized spacial score (nSPS) is 13.7. The number of imidazole rings is 2. The average molecular weight is 1340 g/mol. The van der Waals surface area contributed by atoms with Gasteiger partial charge in [0.2, 0.25) is 0 Å². The number of benzene rings is 12. The predicted octanol–water partition coefficient (Wildman–Crippen LogP) is 17.6. The first-order chi connectivity index (χ1) is 43.7. The van der Waals surface area contributed by atoms with Crippen molar-refractivity contribution in [2.24, 2.45) is 0 Å². The summed E-state index contributed by atoms with van der Waals surface area (Å²) in [6, 6.07) is 66.3. The van der Waals surface area contributed by atoms with Crippen molar-refractivity contribution in [2.75, 3.05) is 0 Å². The molecule has 4 aromatic heterocycles. The fraction of sp³-hybridized carbons (Fsp3) is 0.0633. The van der Waals surface area contributed by atoms with E-state index in [0.29, 0.717) is 5.69 Å². The van der Waals surface area contributed by atoms with E-state index in [1.165, 1.54) is 137 Å². The third kappa shape index (κ3) is 8.52. The van der Waals surface area contributed by atoms with Crippen molar-refractivity contribution >= 4 is 109 Å². The molecule has 11 heteroatoms. The second-order valence-electron chi connectivity index (χ2n) is 23.3. The summed E-state index contributed by atoms with van der Waals surface area (Å²) in [5.74, 6) is 0. The second-order valence-corrected chi connectivity index (χ2v) is 23.3. The maximum Gasteiger partial charge on any atom is 0.431 e. The number of hydrogen-bond acceptors (Lipinski definition) is 2. The van der Waals surface area contributed by atoms with Crippen molar-refractivity contribution in [3.05, 3.63) is 289 Å². The summed E-state index contributed by atoms with van der Waals surface area (Å²) >= 11 is 0. The Balaban J connectivity index is 0.000000113. The summed E-state index contributed by atoms with van der Waals surface area (Å²) in [6.45, 7) is 0. The molecular formula is C79H47F3IrN7-3. The Morgan fingerprint density at radius 1 is 0.478 bits per heavy atom. The number of pyridine rings is 1. The van der Waals surface area contributed by atoms with Gasteiger partial charge in [-0.3, -0.25) is 14.1 Å². The fourth-order valence-corrected chi connectivity index (χ4v) is 14.3. The van der Waals surface area contributed by atoms with Crippen LogP contribution in [-0.2, 0) is 39.1 Å². The summed E-state index contributed by atoms with van der Waals surface area (Å²) in [7, 11) is 0. The molecule has 0 atom stereocenters. The van der Waals surface area contributed by atoms with Gasteiger partial charge >= 0.3 is 6.18 Å². The molecule has 1 radical (unpaired) electrons. The van der Waals surface area contributed by atoms with Crippen molar-refractivity contribution in [3.63, 3.8) is 0 Å². The van der Waals surface area contributed by atoms with Crippen LogP contribution >= 0.6 is 0 Å². The first-order valence-corrected chi connectivity index (χ1v) is 29.8. The van der Waals surface area contributed by atoms with Gasteiger partial charge in [0.05, 0.1) is 11.4 Å². The van der Waals surface area contributed by atoms with E-state index < -0.39 is 11.9 Å². The zero-order valence-corrected chi connectivity index (χ0v) is 50.3. The molecule has 0 amide bonds. The van der Waals surface area contributed by atoms with Gasteiger partial charge in [0.25, 0.3) is 12.7 Å². The van der Waals surface area contributed by atoms with Crippen LogP contribution in [0.15, 0.2) is 225 Å². The molecule has 12 aromatic carbocycles. The molecule has 0 bridgehead atoms. The maximum absolute atomic E-state index is 12.2. The zero-order chi connectivity index (χ0) is 59.1. The number of halogens is 3. The smallest absolute Gasteiger partial charge is 0.431 e. The van der Waals surface area contributed by atoms with E-state index in [9.17, 15) is 13.2 Å². The van der Waals surface area contributed by atoms with E-state index in [4.69, 9.17) is 0 Å². The molecule has 0 unspecified atom stereocenters. The van der Waals surface area contributed by atoms with Gasteiger partial charge in [-0.1, -0.05) is 170 Å². The number of alkyl halides is 3. The minimum atomic E-state index is -4.46. The molecule has 0 saturated carbocycles. The summed E-state index contributed by atoms with van der Waals surface area (Å²) in [5.41, 5.74) is 15.0. The van der Waals surface area contributed by atoms with Gasteiger partial charge in [-0.05, 0) is 153 Å². The minimum Gasteiger partial charge on any atom is -0.573 e. The first-order valence-electron chi connectivity index (χ1n) is 29.8. The van der Waals surface area contributed by atoms with Gasteiger partial charge < -0.3 is 19.3 Å². The van der Waals surface area contributed by atoms with Crippen molar-refractivity contribution in [2.45, 2.75) is 31.9 Å². The summed E-state index contributed by atoms with van der Waals surface area (Å²) in [4.78, 5) is 3.87. The topological polar surface area (TPSA) is 57.5 Å². The van der Waals surface area contributed by atoms with Crippen LogP contribution in [-0.4, -0.2) is 19.2 Å². The SMILES string of the molecule is FC(F)(F)c1cc(-c2ccccn2)[n-]n1.[Ir].[c-]1cc2c3c4c(ccc3c1-n1[c-][n+](-c3ccc5ccc6cccc7ccc3c5c67)cc1)C=CCC4=CC2.[c-]1cc2c3c4c(ccc3c1-n1[c-][n+](-c3ccc5ccc6cccc7ccc3c5c67)cc1)C=CCC4=CC2. The van der Waals surface area contributed by atoms with Crippen molar-refractivity contribution in [1.29, 1.82) is 0 Å². The van der Waals surface area contributed by atoms with Crippen LogP contribution in [0.3, 0.4) is 0 Å². The van der Waals surface area contributed by atoms with Gasteiger partial charge in [0.1, 0.15) is 5.69 Å². The predicted molar refractivity (Wildman–Crippen MR) is 349 cm³/mol. The van der Waals surface area contributed by atoms with Crippen molar-refractivity contribution in [3.8, 4) is 34.1 Å². The third-order valence-corrected chi connectivity index (χ3v) is 18.4. The molecule has 7 nitrogen and oxygen atoms in total. The van der Waals surface area contributed by atoms with Crippen molar-refractivity contribution < 1.29 is 42.4 Å². The van der Waals surface area contributed by atoms with Crippen LogP contribution in [0.5, 0.6) is 0 Å². The van der Waals surface area contributed by atoms with E-state index in [0.717, 1.165) is 54.5 Å². The number of aromatic nitrogens is 7. The maximum atomic E-state index is 12.2. The van der Waals surface area contributed by atoms with Gasteiger partial charge in [-0.15, -0.1) is 44.8 Å². The standard InChI is InChI=1S/2C35H21N2.C9H5F3N3.Ir/c2*1-3-22-7-9-26-13-17-30(28-15-11-24(5-1)32(22)34(26)28)36-19-20-37(21-36)31-18-14-27-10-8-23-4-2-6-25-12-16-29(31)35(27)33(23)25;10-9(11,12)8-5-7(14-15-8)6-3-1-2-4-13-6;/h2*1-3,5-9,11-17,19-20H,4,10H2;1-5H;/q3*-1;. The largest absolute Gasteiger partial charge is 0.573 e. The Bertz CT molecular complexity index is 5400. The minimum absolute atomic E-state index is 0. The van der Waals surface area contributed by atoms with E-state index in [2.05, 4.69) is 265 Å². The van der Waals surface area contributed by atoms with Gasteiger partial charge in [0, 0.05) is 56.8 Å². The molecule has 4 heterocycles. The van der Waals surface area contributed by atoms with Crippen LogP contribution in [0, 0.1) is 24.8 Å². The van der Waals surface area contributed by atoms with Gasteiger partial charge in [0.15, 0.2) is 0 Å². The molecule has 4 aliphatic carbocycles. The van der Waals surface area contributed by atoms with E-state index in [-0.39, 0.29) is 25.8 Å². The second kappa shape index (κ2) is 20.8. The van der Waals surface area contributed by atoms with Gasteiger partial charge in [-0.25, -0.2) is 0 Å². The Hall–Kier alpha value is -10.6. The molecule has 0 spiro atoms. The quantitative estimate of drug-likeness (QED) is 0.0980. The number of hydrogen-bond donors (Lipinski definition) is 0. The van der Waals surface area contributed by atoms with E-state index in [1.807, 2.05) is 0 Å². The molecule has 431 valence electrons. The molecule has 16 aromatic rings. The summed E-state index contributed by atoms with van der Waals surface area (Å²) in [5, 5.41) is 27.2. The molecule has 90 heavy (non-hydrogen) atoms. The monoisotopic (exact) mass is 1340 g/mol. The van der Waals surface area contributed by atoms with Crippen molar-refractivity contribution in [1.82, 2.24) is 24.3 Å². The fourth-order valence-electron chi connectivity index (χ4n) is 14.3. The molecule has 0 N–H and O–H groups in total. The first kappa shape index (κ1) is 53.6. The number of nitrogens with zero attached hydrogens (tertiary/aromatic N) is 7. The Morgan fingerprint density at radius 2 is 0.944 bits per heavy atom. The van der Waals surface area contributed by atoms with Crippen LogP contribution < -0.4 is 14.2 Å². The molecule has 0 fully saturated rings. The van der Waals surface area contributed by atoms with Crippen LogP contribution in [0.25, 0.3) is 144 Å². The van der Waals surface area contributed by atoms with E-state index >= 15 is 0 Å². The molecule has 20 rings (SSSR count). The number of rotatable bonds is 5. The molecule has 0 saturated heterocycles. The summed E-state index contributed by atoms with van der Waals surface area (Å²) in [6.07, 6.45) is 30.5. The number of allylic oxidation sites excluding steroid dienone is 6. The third-order valence-electron chi connectivity index (χ3n) is 18.4. The molecular weight excluding hydrogens is 1300 g/mol. The van der Waals surface area contributed by atoms with Gasteiger partial charge in [-0.2, -0.15) is 37.4 Å². The molecule has 4 aliphatic rings. The van der Waals surface area contributed by atoms with Crippen LogP contribution in [0.2, 0.25) is 0 Å². The van der Waals surface area contributed by atoms with Crippen LogP contribution in [0.4, 0.5) is 13.2 Å². The zero-order valence-electron chi connectivity index (χ0n) is 47.9. The molecule has 0 aliphatic heterocycles. The Morgan fingerprint density at radius 3 is 1.41 bits per heavy atom. The Kier molecular flexibility index (Phi) is 12.4. The van der Waals surface area contributed by atoms with Crippen LogP contribution in [0.1, 0.15) is 51.9 Å².